The van der Waals surface area contributed by atoms with E-state index >= 15 is 0 Å². The first-order valence-corrected chi connectivity index (χ1v) is 12.0. The number of benzene rings is 4. The first-order chi connectivity index (χ1) is 18.8. The molecule has 194 valence electrons. The summed E-state index contributed by atoms with van der Waals surface area (Å²) in [5.74, 6) is -1.69. The van der Waals surface area contributed by atoms with Crippen LogP contribution in [0.3, 0.4) is 0 Å². The Balaban J connectivity index is 1.37. The highest BCUT2D eigenvalue weighted by Crippen LogP contribution is 2.34. The maximum absolute atomic E-state index is 13.2. The molecule has 39 heavy (non-hydrogen) atoms. The number of pyridine rings is 1. The number of alkyl halides is 3. The molecule has 0 atom stereocenters. The largest absolute Gasteiger partial charge is 0.452 e. The molecule has 0 bridgehead atoms. The first-order valence-electron chi connectivity index (χ1n) is 12.0. The van der Waals surface area contributed by atoms with Crippen LogP contribution in [0.15, 0.2) is 109 Å². The summed E-state index contributed by atoms with van der Waals surface area (Å²) in [6, 6.07) is 30.8. The van der Waals surface area contributed by atoms with Crippen molar-refractivity contribution >= 4 is 28.5 Å². The standard InChI is InChI=1S/C31H21F3N2O3/c32-31(33,34)25-11-5-7-13-27(25)36-29(37)19-39-30(38)24-18-28(35-26-12-6-4-10-23(24)26)22-16-14-21(15-17-22)20-8-2-1-3-9-20/h1-18H,19H2,(H,36,37). The number of fused-ring (bicyclic) bond motifs is 1. The van der Waals surface area contributed by atoms with Crippen LogP contribution in [0.5, 0.6) is 0 Å². The first kappa shape index (κ1) is 25.7. The lowest BCUT2D eigenvalue weighted by Gasteiger charge is -2.14. The van der Waals surface area contributed by atoms with Crippen molar-refractivity contribution in [1.82, 2.24) is 4.98 Å². The molecule has 0 fully saturated rings. The quantitative estimate of drug-likeness (QED) is 0.234. The average molecular weight is 527 g/mol. The molecule has 4 aromatic carbocycles. The number of esters is 1. The molecule has 0 unspecified atom stereocenters. The number of carbonyl (C=O) groups is 2. The fourth-order valence-corrected chi connectivity index (χ4v) is 4.19. The molecule has 0 aliphatic heterocycles. The minimum Gasteiger partial charge on any atom is -0.452 e. The number of amides is 1. The number of hydrogen-bond donors (Lipinski definition) is 1. The van der Waals surface area contributed by atoms with Crippen LogP contribution in [0.1, 0.15) is 15.9 Å². The molecule has 1 amide bonds. The minimum absolute atomic E-state index is 0.186. The Morgan fingerprint density at radius 3 is 2.10 bits per heavy atom. The fourth-order valence-electron chi connectivity index (χ4n) is 4.19. The molecule has 0 saturated heterocycles. The normalized spacial score (nSPS) is 11.3. The third-order valence-electron chi connectivity index (χ3n) is 6.06. The number of carbonyl (C=O) groups excluding carboxylic acids is 2. The van der Waals surface area contributed by atoms with Gasteiger partial charge in [0, 0.05) is 10.9 Å². The number of halogens is 3. The van der Waals surface area contributed by atoms with Crippen LogP contribution < -0.4 is 5.32 Å². The molecule has 1 aromatic heterocycles. The molecular formula is C31H21F3N2O3. The summed E-state index contributed by atoms with van der Waals surface area (Å²) in [7, 11) is 0. The van der Waals surface area contributed by atoms with E-state index in [2.05, 4.69) is 10.3 Å². The zero-order valence-electron chi connectivity index (χ0n) is 20.4. The van der Waals surface area contributed by atoms with Gasteiger partial charge in [-0.05, 0) is 35.4 Å². The van der Waals surface area contributed by atoms with Crippen LogP contribution in [-0.4, -0.2) is 23.5 Å². The number of nitrogens with one attached hydrogen (secondary N) is 1. The van der Waals surface area contributed by atoms with Crippen LogP contribution in [0, 0.1) is 0 Å². The molecule has 8 heteroatoms. The minimum atomic E-state index is -4.65. The van der Waals surface area contributed by atoms with Crippen molar-refractivity contribution in [2.24, 2.45) is 0 Å². The van der Waals surface area contributed by atoms with Gasteiger partial charge in [0.1, 0.15) is 0 Å². The Bertz CT molecular complexity index is 1650. The summed E-state index contributed by atoms with van der Waals surface area (Å²) < 4.78 is 44.9. The summed E-state index contributed by atoms with van der Waals surface area (Å²) in [6.07, 6.45) is -4.65. The van der Waals surface area contributed by atoms with E-state index in [0.29, 0.717) is 16.6 Å². The second-order valence-electron chi connectivity index (χ2n) is 8.68. The topological polar surface area (TPSA) is 68.3 Å². The number of aromatic nitrogens is 1. The molecule has 1 N–H and O–H groups in total. The monoisotopic (exact) mass is 526 g/mol. The molecule has 5 nitrogen and oxygen atoms in total. The van der Waals surface area contributed by atoms with Crippen molar-refractivity contribution in [3.05, 3.63) is 120 Å². The predicted molar refractivity (Wildman–Crippen MR) is 143 cm³/mol. The van der Waals surface area contributed by atoms with Crippen molar-refractivity contribution < 1.29 is 27.5 Å². The van der Waals surface area contributed by atoms with Gasteiger partial charge in [0.15, 0.2) is 6.61 Å². The molecule has 0 spiro atoms. The molecule has 0 aliphatic rings. The molecule has 0 aliphatic carbocycles. The number of ether oxygens (including phenoxy) is 1. The van der Waals surface area contributed by atoms with Crippen molar-refractivity contribution in [1.29, 1.82) is 0 Å². The van der Waals surface area contributed by atoms with Gasteiger partial charge in [-0.2, -0.15) is 13.2 Å². The second kappa shape index (κ2) is 10.8. The molecule has 0 radical (unpaired) electrons. The molecule has 5 rings (SSSR count). The Morgan fingerprint density at radius 2 is 1.36 bits per heavy atom. The SMILES string of the molecule is O=C(COC(=O)c1cc(-c2ccc(-c3ccccc3)cc2)nc2ccccc12)Nc1ccccc1C(F)(F)F. The summed E-state index contributed by atoms with van der Waals surface area (Å²) in [5, 5.41) is 2.69. The van der Waals surface area contributed by atoms with Gasteiger partial charge in [0.2, 0.25) is 0 Å². The van der Waals surface area contributed by atoms with Crippen LogP contribution in [0.2, 0.25) is 0 Å². The van der Waals surface area contributed by atoms with E-state index in [1.807, 2.05) is 54.6 Å². The zero-order chi connectivity index (χ0) is 27.4. The van der Waals surface area contributed by atoms with Crippen LogP contribution in [0.25, 0.3) is 33.3 Å². The van der Waals surface area contributed by atoms with E-state index in [9.17, 15) is 22.8 Å². The van der Waals surface area contributed by atoms with E-state index in [-0.39, 0.29) is 5.56 Å². The second-order valence-corrected chi connectivity index (χ2v) is 8.68. The number of anilines is 1. The van der Waals surface area contributed by atoms with Crippen LogP contribution in [0.4, 0.5) is 18.9 Å². The van der Waals surface area contributed by atoms with Crippen LogP contribution >= 0.6 is 0 Å². The fraction of sp³-hybridized carbons (Fsp3) is 0.0645. The van der Waals surface area contributed by atoms with Gasteiger partial charge in [0.05, 0.1) is 28.0 Å². The van der Waals surface area contributed by atoms with Gasteiger partial charge < -0.3 is 10.1 Å². The molecule has 5 aromatic rings. The van der Waals surface area contributed by atoms with Gasteiger partial charge in [-0.3, -0.25) is 4.79 Å². The smallest absolute Gasteiger partial charge is 0.418 e. The Hall–Kier alpha value is -4.98. The maximum atomic E-state index is 13.2. The van der Waals surface area contributed by atoms with Crippen molar-refractivity contribution in [2.75, 3.05) is 11.9 Å². The highest BCUT2D eigenvalue weighted by Gasteiger charge is 2.33. The number of hydrogen-bond acceptors (Lipinski definition) is 4. The van der Waals surface area contributed by atoms with Gasteiger partial charge in [0.25, 0.3) is 5.91 Å². The molecular weight excluding hydrogens is 505 g/mol. The Morgan fingerprint density at radius 1 is 0.744 bits per heavy atom. The Kier molecular flexibility index (Phi) is 7.10. The van der Waals surface area contributed by atoms with Crippen molar-refractivity contribution in [3.8, 4) is 22.4 Å². The van der Waals surface area contributed by atoms with E-state index in [1.54, 1.807) is 30.3 Å². The van der Waals surface area contributed by atoms with E-state index in [0.717, 1.165) is 28.8 Å². The summed E-state index contributed by atoms with van der Waals surface area (Å²) in [4.78, 5) is 30.1. The Labute approximate surface area is 221 Å². The van der Waals surface area contributed by atoms with Gasteiger partial charge in [-0.25, -0.2) is 9.78 Å². The van der Waals surface area contributed by atoms with Crippen LogP contribution in [-0.2, 0) is 15.7 Å². The average Bonchev–Trinajstić information content (AvgIpc) is 2.95. The molecule has 1 heterocycles. The maximum Gasteiger partial charge on any atom is 0.418 e. The third-order valence-corrected chi connectivity index (χ3v) is 6.06. The van der Waals surface area contributed by atoms with Crippen molar-refractivity contribution in [2.45, 2.75) is 6.18 Å². The molecule has 0 saturated carbocycles. The van der Waals surface area contributed by atoms with E-state index in [1.165, 1.54) is 12.1 Å². The number of nitrogens with zero attached hydrogens (tertiary/aromatic N) is 1. The van der Waals surface area contributed by atoms with E-state index in [4.69, 9.17) is 4.74 Å². The van der Waals surface area contributed by atoms with Crippen molar-refractivity contribution in [3.63, 3.8) is 0 Å². The summed E-state index contributed by atoms with van der Waals surface area (Å²) in [5.41, 5.74) is 2.73. The van der Waals surface area contributed by atoms with Gasteiger partial charge in [-0.1, -0.05) is 84.9 Å². The summed E-state index contributed by atoms with van der Waals surface area (Å²) in [6.45, 7) is -0.761. The highest BCUT2D eigenvalue weighted by atomic mass is 19.4. The predicted octanol–water partition coefficient (Wildman–Crippen LogP) is 7.38. The lowest BCUT2D eigenvalue weighted by Crippen LogP contribution is -2.23. The summed E-state index contributed by atoms with van der Waals surface area (Å²) >= 11 is 0. The van der Waals surface area contributed by atoms with E-state index < -0.39 is 35.9 Å². The number of rotatable bonds is 6. The third kappa shape index (κ3) is 5.80. The highest BCUT2D eigenvalue weighted by molar-refractivity contribution is 6.05. The van der Waals surface area contributed by atoms with Gasteiger partial charge in [-0.15, -0.1) is 0 Å². The lowest BCUT2D eigenvalue weighted by molar-refractivity contribution is -0.137. The lowest BCUT2D eigenvalue weighted by atomic mass is 10.0. The number of para-hydroxylation sites is 2. The zero-order valence-corrected chi connectivity index (χ0v) is 20.4. The van der Waals surface area contributed by atoms with Gasteiger partial charge >= 0.3 is 12.1 Å².